The van der Waals surface area contributed by atoms with E-state index in [1.165, 1.54) is 12.2 Å². The van der Waals surface area contributed by atoms with Gasteiger partial charge in [-0.05, 0) is 0 Å². The van der Waals surface area contributed by atoms with Gasteiger partial charge in [-0.15, -0.1) is 0 Å². The van der Waals surface area contributed by atoms with Gasteiger partial charge in [0.15, 0.2) is 0 Å². The molecule has 0 bridgehead atoms. The Labute approximate surface area is 60.6 Å². The molecule has 11 heavy (non-hydrogen) atoms. The van der Waals surface area contributed by atoms with Crippen molar-refractivity contribution in [2.24, 2.45) is 0 Å². The van der Waals surface area contributed by atoms with Gasteiger partial charge in [0.2, 0.25) is 5.91 Å². The predicted molar refractivity (Wildman–Crippen MR) is 29.5 cm³/mol. The van der Waals surface area contributed by atoms with Crippen LogP contribution in [0.1, 0.15) is 13.3 Å². The zero-order chi connectivity index (χ0) is 9.07. The molecule has 0 aliphatic carbocycles. The fourth-order valence-corrected chi connectivity index (χ4v) is 0.286. The molecule has 6 heteroatoms. The summed E-state index contributed by atoms with van der Waals surface area (Å²) >= 11 is 0. The van der Waals surface area contributed by atoms with Crippen molar-refractivity contribution in [3.05, 3.63) is 0 Å². The number of nitrogens with one attached hydrogen (secondary N) is 1. The smallest absolute Gasteiger partial charge is 0.289 e. The van der Waals surface area contributed by atoms with Gasteiger partial charge in [-0.25, -0.2) is 0 Å². The van der Waals surface area contributed by atoms with Gasteiger partial charge in [0.25, 0.3) is 0 Å². The summed E-state index contributed by atoms with van der Waals surface area (Å²) in [4.78, 5) is 20.2. The van der Waals surface area contributed by atoms with Crippen molar-refractivity contribution in [3.63, 3.8) is 0 Å². The average molecular weight is 169 g/mol. The monoisotopic (exact) mass is 169 g/mol. The third-order valence-corrected chi connectivity index (χ3v) is 0.832. The Balaban J connectivity index is 3.99. The number of carbonyl (C=O) groups excluding carboxylic acids is 2. The predicted octanol–water partition coefficient (Wildman–Crippen LogP) is 0.601. The molecule has 2 amide bonds. The number of amides is 2. The Kier molecular flexibility index (Phi) is 3.03. The molecule has 0 aliphatic rings. The van der Waals surface area contributed by atoms with Gasteiger partial charge in [0.1, 0.15) is 0 Å². The summed E-state index contributed by atoms with van der Waals surface area (Å²) in [6.45, 7) is 1.35. The molecule has 0 spiro atoms. The molecule has 0 heterocycles. The van der Waals surface area contributed by atoms with E-state index in [1.807, 2.05) is 0 Å². The van der Waals surface area contributed by atoms with E-state index in [0.29, 0.717) is 0 Å². The highest BCUT2D eigenvalue weighted by atomic mass is 19.4. The first-order chi connectivity index (χ1) is 4.88. The van der Waals surface area contributed by atoms with Crippen LogP contribution in [0, 0.1) is 0 Å². The Hall–Kier alpha value is -1.07. The van der Waals surface area contributed by atoms with Crippen LogP contribution in [0.2, 0.25) is 0 Å². The third kappa shape index (κ3) is 3.59. The summed E-state index contributed by atoms with van der Waals surface area (Å²) < 4.78 is 34.1. The molecule has 0 aromatic heterocycles. The number of hydrogen-bond acceptors (Lipinski definition) is 2. The van der Waals surface area contributed by atoms with Crippen molar-refractivity contribution in [1.29, 1.82) is 0 Å². The number of carbonyl (C=O) groups is 2. The molecule has 0 saturated heterocycles. The standard InChI is InChI=1S/C5H6F3NO2/c1-2-3(10)9-4(11)5(6,7)8/h2H2,1H3,(H,9,10,11). The summed E-state index contributed by atoms with van der Waals surface area (Å²) in [5.41, 5.74) is 0. The first-order valence-electron chi connectivity index (χ1n) is 2.79. The molecule has 0 aromatic rings. The maximum absolute atomic E-state index is 11.4. The highest BCUT2D eigenvalue weighted by Crippen LogP contribution is 2.13. The highest BCUT2D eigenvalue weighted by Gasteiger charge is 2.39. The summed E-state index contributed by atoms with van der Waals surface area (Å²) in [6, 6.07) is 0. The molecule has 0 aliphatic heterocycles. The number of alkyl halides is 3. The van der Waals surface area contributed by atoms with Crippen LogP contribution in [0.4, 0.5) is 13.2 Å². The second-order valence-corrected chi connectivity index (χ2v) is 1.73. The normalized spacial score (nSPS) is 10.9. The Bertz CT molecular complexity index is 175. The lowest BCUT2D eigenvalue weighted by Crippen LogP contribution is -2.40. The maximum Gasteiger partial charge on any atom is 0.471 e. The van der Waals surface area contributed by atoms with Crippen LogP contribution < -0.4 is 5.32 Å². The summed E-state index contributed by atoms with van der Waals surface area (Å²) in [7, 11) is 0. The fraction of sp³-hybridized carbons (Fsp3) is 0.600. The maximum atomic E-state index is 11.4. The topological polar surface area (TPSA) is 46.2 Å². The summed E-state index contributed by atoms with van der Waals surface area (Å²) in [6.07, 6.45) is -5.13. The molecule has 0 fully saturated rings. The van der Waals surface area contributed by atoms with Crippen LogP contribution in [0.15, 0.2) is 0 Å². The van der Waals surface area contributed by atoms with Gasteiger partial charge in [-0.1, -0.05) is 6.92 Å². The van der Waals surface area contributed by atoms with Crippen molar-refractivity contribution >= 4 is 11.8 Å². The Morgan fingerprint density at radius 2 is 1.82 bits per heavy atom. The molecular formula is C5H6F3NO2. The number of imide groups is 1. The van der Waals surface area contributed by atoms with Crippen molar-refractivity contribution in [2.45, 2.75) is 19.5 Å². The van der Waals surface area contributed by atoms with E-state index in [1.54, 1.807) is 0 Å². The van der Waals surface area contributed by atoms with Crippen LogP contribution >= 0.6 is 0 Å². The molecule has 0 rings (SSSR count). The summed E-state index contributed by atoms with van der Waals surface area (Å²) in [5, 5.41) is 1.17. The van der Waals surface area contributed by atoms with Crippen LogP contribution in [0.25, 0.3) is 0 Å². The Morgan fingerprint density at radius 3 is 2.09 bits per heavy atom. The minimum atomic E-state index is -4.98. The lowest BCUT2D eigenvalue weighted by atomic mass is 10.4. The van der Waals surface area contributed by atoms with Crippen LogP contribution in [-0.4, -0.2) is 18.0 Å². The van der Waals surface area contributed by atoms with Gasteiger partial charge in [-0.3, -0.25) is 14.9 Å². The molecule has 1 N–H and O–H groups in total. The van der Waals surface area contributed by atoms with Gasteiger partial charge in [0, 0.05) is 6.42 Å². The summed E-state index contributed by atoms with van der Waals surface area (Å²) in [5.74, 6) is -3.16. The second kappa shape index (κ2) is 3.36. The molecule has 64 valence electrons. The lowest BCUT2D eigenvalue weighted by molar-refractivity contribution is -0.174. The molecule has 3 nitrogen and oxygen atoms in total. The van der Waals surface area contributed by atoms with Gasteiger partial charge in [-0.2, -0.15) is 13.2 Å². The number of rotatable bonds is 1. The number of halogens is 3. The van der Waals surface area contributed by atoms with E-state index in [-0.39, 0.29) is 6.42 Å². The molecular weight excluding hydrogens is 163 g/mol. The van der Waals surface area contributed by atoms with E-state index in [4.69, 9.17) is 0 Å². The van der Waals surface area contributed by atoms with E-state index in [0.717, 1.165) is 0 Å². The first-order valence-corrected chi connectivity index (χ1v) is 2.79. The minimum Gasteiger partial charge on any atom is -0.289 e. The third-order valence-electron chi connectivity index (χ3n) is 0.832. The molecule has 0 unspecified atom stereocenters. The van der Waals surface area contributed by atoms with E-state index in [9.17, 15) is 22.8 Å². The minimum absolute atomic E-state index is 0.151. The van der Waals surface area contributed by atoms with Crippen molar-refractivity contribution in [1.82, 2.24) is 5.32 Å². The van der Waals surface area contributed by atoms with E-state index in [2.05, 4.69) is 0 Å². The first kappa shape index (κ1) is 9.93. The zero-order valence-electron chi connectivity index (χ0n) is 5.66. The van der Waals surface area contributed by atoms with Crippen LogP contribution in [0.5, 0.6) is 0 Å². The molecule has 0 aromatic carbocycles. The SMILES string of the molecule is CCC(=O)NC(=O)C(F)(F)F. The molecule has 0 radical (unpaired) electrons. The lowest BCUT2D eigenvalue weighted by Gasteiger charge is -2.04. The second-order valence-electron chi connectivity index (χ2n) is 1.73. The largest absolute Gasteiger partial charge is 0.471 e. The molecule has 0 atom stereocenters. The quantitative estimate of drug-likeness (QED) is 0.624. The van der Waals surface area contributed by atoms with Gasteiger partial charge in [0.05, 0.1) is 0 Å². The Morgan fingerprint density at radius 1 is 1.36 bits per heavy atom. The average Bonchev–Trinajstić information content (AvgIpc) is 1.85. The fourth-order valence-electron chi connectivity index (χ4n) is 0.286. The van der Waals surface area contributed by atoms with Crippen molar-refractivity contribution in [3.8, 4) is 0 Å². The molecule has 0 saturated carbocycles. The van der Waals surface area contributed by atoms with Gasteiger partial charge >= 0.3 is 12.1 Å². The zero-order valence-corrected chi connectivity index (χ0v) is 5.66. The van der Waals surface area contributed by atoms with Crippen LogP contribution in [0.3, 0.4) is 0 Å². The highest BCUT2D eigenvalue weighted by molar-refractivity contribution is 5.97. The van der Waals surface area contributed by atoms with Gasteiger partial charge < -0.3 is 0 Å². The number of hydrogen-bond donors (Lipinski definition) is 1. The van der Waals surface area contributed by atoms with E-state index >= 15 is 0 Å². The van der Waals surface area contributed by atoms with Crippen molar-refractivity contribution < 1.29 is 22.8 Å². The van der Waals surface area contributed by atoms with Crippen LogP contribution in [-0.2, 0) is 9.59 Å². The van der Waals surface area contributed by atoms with E-state index < -0.39 is 18.0 Å². The van der Waals surface area contributed by atoms with Crippen molar-refractivity contribution in [2.75, 3.05) is 0 Å².